The summed E-state index contributed by atoms with van der Waals surface area (Å²) in [6.07, 6.45) is 13.0. The Morgan fingerprint density at radius 2 is 1.88 bits per heavy atom. The van der Waals surface area contributed by atoms with Gasteiger partial charge in [-0.3, -0.25) is 0 Å². The molecular weight excluding hydrogens is 312 g/mol. The van der Waals surface area contributed by atoms with E-state index in [1.807, 2.05) is 50.8 Å². The molecule has 0 saturated heterocycles. The number of nitrogens with one attached hydrogen (secondary N) is 1. The molecule has 0 bridgehead atoms. The molecule has 0 unspecified atom stereocenters. The molecule has 5 nitrogen and oxygen atoms in total. The highest BCUT2D eigenvalue weighted by molar-refractivity contribution is 5.96. The van der Waals surface area contributed by atoms with Crippen LogP contribution in [-0.2, 0) is 4.74 Å². The van der Waals surface area contributed by atoms with Crippen molar-refractivity contribution >= 4 is 16.6 Å². The molecule has 5 heteroatoms. The van der Waals surface area contributed by atoms with E-state index in [4.69, 9.17) is 4.74 Å². The van der Waals surface area contributed by atoms with Gasteiger partial charge in [0.05, 0.1) is 7.11 Å². The number of methoxy groups -OCH3 is 1. The van der Waals surface area contributed by atoms with Gasteiger partial charge in [-0.1, -0.05) is 18.7 Å². The summed E-state index contributed by atoms with van der Waals surface area (Å²) in [6, 6.07) is 2.09. The summed E-state index contributed by atoms with van der Waals surface area (Å²) in [5.74, 6) is 1.53. The molecule has 0 radical (unpaired) electrons. The van der Waals surface area contributed by atoms with E-state index in [-0.39, 0.29) is 0 Å². The van der Waals surface area contributed by atoms with E-state index in [1.165, 1.54) is 0 Å². The summed E-state index contributed by atoms with van der Waals surface area (Å²) >= 11 is 0. The van der Waals surface area contributed by atoms with Crippen LogP contribution in [0.15, 0.2) is 61.4 Å². The number of ether oxygens (including phenoxy) is 1. The van der Waals surface area contributed by atoms with Crippen LogP contribution in [0.4, 0.5) is 0 Å². The number of rotatable bonds is 5. The maximum atomic E-state index is 5.51. The molecule has 0 saturated carbocycles. The third-order valence-corrected chi connectivity index (χ3v) is 3.97. The highest BCUT2D eigenvalue weighted by Crippen LogP contribution is 2.32. The van der Waals surface area contributed by atoms with Crippen LogP contribution in [0.1, 0.15) is 18.3 Å². The second kappa shape index (κ2) is 7.13. The molecule has 0 fully saturated rings. The average molecular weight is 332 g/mol. The predicted molar refractivity (Wildman–Crippen MR) is 101 cm³/mol. The van der Waals surface area contributed by atoms with Crippen molar-refractivity contribution in [1.82, 2.24) is 19.9 Å². The van der Waals surface area contributed by atoms with Gasteiger partial charge in [0, 0.05) is 52.4 Å². The molecule has 0 spiro atoms. The van der Waals surface area contributed by atoms with Crippen molar-refractivity contribution < 1.29 is 4.74 Å². The molecule has 0 aliphatic heterocycles. The van der Waals surface area contributed by atoms with Crippen LogP contribution in [-0.4, -0.2) is 27.0 Å². The first-order chi connectivity index (χ1) is 12.2. The molecular formula is C20H20N4O. The minimum absolute atomic E-state index is 0.745. The van der Waals surface area contributed by atoms with Crippen molar-refractivity contribution in [3.63, 3.8) is 0 Å². The van der Waals surface area contributed by atoms with Gasteiger partial charge in [0.1, 0.15) is 17.2 Å². The highest BCUT2D eigenvalue weighted by atomic mass is 16.5. The Bertz CT molecular complexity index is 965. The van der Waals surface area contributed by atoms with Crippen molar-refractivity contribution in [3.8, 4) is 11.1 Å². The number of aryl methyl sites for hydroxylation is 1. The van der Waals surface area contributed by atoms with E-state index in [0.29, 0.717) is 0 Å². The van der Waals surface area contributed by atoms with Gasteiger partial charge in [-0.25, -0.2) is 15.0 Å². The van der Waals surface area contributed by atoms with Crippen molar-refractivity contribution in [3.05, 3.63) is 72.8 Å². The smallest absolute Gasteiger partial charge is 0.137 e. The van der Waals surface area contributed by atoms with E-state index in [9.17, 15) is 0 Å². The van der Waals surface area contributed by atoms with Crippen molar-refractivity contribution in [2.45, 2.75) is 13.8 Å². The van der Waals surface area contributed by atoms with E-state index in [1.54, 1.807) is 13.2 Å². The van der Waals surface area contributed by atoms with Crippen LogP contribution < -0.4 is 0 Å². The Balaban J connectivity index is 2.16. The molecule has 25 heavy (non-hydrogen) atoms. The Morgan fingerprint density at radius 1 is 1.16 bits per heavy atom. The lowest BCUT2D eigenvalue weighted by Gasteiger charge is -2.10. The topological polar surface area (TPSA) is 63.7 Å². The fraction of sp³-hybridized carbons (Fsp3) is 0.150. The monoisotopic (exact) mass is 332 g/mol. The quantitative estimate of drug-likeness (QED) is 0.554. The van der Waals surface area contributed by atoms with Gasteiger partial charge in [-0.05, 0) is 26.0 Å². The Hall–Kier alpha value is -3.21. The normalized spacial score (nSPS) is 12.4. The van der Waals surface area contributed by atoms with Crippen molar-refractivity contribution in [2.24, 2.45) is 0 Å². The van der Waals surface area contributed by atoms with Gasteiger partial charge in [-0.15, -0.1) is 0 Å². The lowest BCUT2D eigenvalue weighted by molar-refractivity contribution is 0.310. The number of fused-ring (bicyclic) bond motifs is 1. The van der Waals surface area contributed by atoms with E-state index >= 15 is 0 Å². The average Bonchev–Trinajstić information content (AvgIpc) is 3.05. The molecule has 0 atom stereocenters. The van der Waals surface area contributed by atoms with Crippen LogP contribution in [0.2, 0.25) is 0 Å². The fourth-order valence-corrected chi connectivity index (χ4v) is 2.73. The highest BCUT2D eigenvalue weighted by Gasteiger charge is 2.14. The minimum atomic E-state index is 0.745. The van der Waals surface area contributed by atoms with E-state index in [0.717, 1.165) is 44.9 Å². The first-order valence-corrected chi connectivity index (χ1v) is 7.97. The number of hydrogen-bond acceptors (Lipinski definition) is 4. The molecule has 126 valence electrons. The van der Waals surface area contributed by atoms with E-state index < -0.39 is 0 Å². The first kappa shape index (κ1) is 16.6. The summed E-state index contributed by atoms with van der Waals surface area (Å²) in [5.41, 5.74) is 4.66. The number of aromatic amines is 1. The number of hydrogen-bond donors (Lipinski definition) is 1. The number of aromatic nitrogens is 4. The molecule has 1 N–H and O–H groups in total. The molecule has 3 aromatic rings. The number of H-pyrrole nitrogens is 1. The standard InChI is InChI=1S/C20H20N4O/c1-5-7-16(19(6-2)25-4)18-12-24-20-17(18)8-14(9-23-20)15-10-21-13(3)22-11-15/h5-12H,1H2,2-4H3,(H,23,24)/b16-7-,19-6+. The van der Waals surface area contributed by atoms with Crippen LogP contribution in [0, 0.1) is 6.92 Å². The predicted octanol–water partition coefficient (Wildman–Crippen LogP) is 4.45. The van der Waals surface area contributed by atoms with Crippen LogP contribution >= 0.6 is 0 Å². The summed E-state index contributed by atoms with van der Waals surface area (Å²) in [5, 5.41) is 1.00. The number of pyridine rings is 1. The van der Waals surface area contributed by atoms with Gasteiger partial charge >= 0.3 is 0 Å². The molecule has 0 aliphatic carbocycles. The zero-order valence-corrected chi connectivity index (χ0v) is 14.6. The lowest BCUT2D eigenvalue weighted by atomic mass is 10.0. The zero-order chi connectivity index (χ0) is 17.8. The molecule has 3 heterocycles. The summed E-state index contributed by atoms with van der Waals surface area (Å²) in [4.78, 5) is 16.3. The Kier molecular flexibility index (Phi) is 4.75. The Labute approximate surface area is 146 Å². The number of nitrogens with zero attached hydrogens (tertiary/aromatic N) is 3. The van der Waals surface area contributed by atoms with Gasteiger partial charge in [-0.2, -0.15) is 0 Å². The first-order valence-electron chi connectivity index (χ1n) is 7.97. The van der Waals surface area contributed by atoms with Crippen LogP contribution in [0.25, 0.3) is 27.7 Å². The lowest BCUT2D eigenvalue weighted by Crippen LogP contribution is -1.92. The van der Waals surface area contributed by atoms with Gasteiger partial charge < -0.3 is 9.72 Å². The Morgan fingerprint density at radius 3 is 2.52 bits per heavy atom. The van der Waals surface area contributed by atoms with Crippen molar-refractivity contribution in [2.75, 3.05) is 7.11 Å². The molecule has 3 aromatic heterocycles. The zero-order valence-electron chi connectivity index (χ0n) is 14.6. The van der Waals surface area contributed by atoms with Crippen LogP contribution in [0.5, 0.6) is 0 Å². The summed E-state index contributed by atoms with van der Waals surface area (Å²) in [7, 11) is 1.66. The van der Waals surface area contributed by atoms with Gasteiger partial charge in [0.25, 0.3) is 0 Å². The summed E-state index contributed by atoms with van der Waals surface area (Å²) in [6.45, 7) is 7.62. The molecule has 0 amide bonds. The molecule has 0 aromatic carbocycles. The van der Waals surface area contributed by atoms with E-state index in [2.05, 4.69) is 32.6 Å². The van der Waals surface area contributed by atoms with Gasteiger partial charge in [0.2, 0.25) is 0 Å². The molecule has 0 aliphatic rings. The maximum absolute atomic E-state index is 5.51. The number of allylic oxidation sites excluding steroid dienone is 4. The second-order valence-electron chi connectivity index (χ2n) is 5.51. The van der Waals surface area contributed by atoms with Crippen LogP contribution in [0.3, 0.4) is 0 Å². The summed E-state index contributed by atoms with van der Waals surface area (Å²) < 4.78 is 5.51. The fourth-order valence-electron chi connectivity index (χ4n) is 2.73. The maximum Gasteiger partial charge on any atom is 0.137 e. The van der Waals surface area contributed by atoms with Gasteiger partial charge in [0.15, 0.2) is 0 Å². The second-order valence-corrected chi connectivity index (χ2v) is 5.51. The third kappa shape index (κ3) is 3.21. The third-order valence-electron chi connectivity index (χ3n) is 3.97. The van der Waals surface area contributed by atoms with Crippen molar-refractivity contribution in [1.29, 1.82) is 0 Å². The largest absolute Gasteiger partial charge is 0.496 e. The molecule has 3 rings (SSSR count). The minimum Gasteiger partial charge on any atom is -0.496 e. The SMILES string of the molecule is C=C/C=C(\C(=C/C)OC)c1c[nH]c2ncc(-c3cnc(C)nc3)cc12.